The number of tetrazole rings is 1. The quantitative estimate of drug-likeness (QED) is 0.0913. The highest BCUT2D eigenvalue weighted by Crippen LogP contribution is 2.43. The highest BCUT2D eigenvalue weighted by molar-refractivity contribution is 9.10. The van der Waals surface area contributed by atoms with E-state index in [0.717, 1.165) is 80.2 Å². The van der Waals surface area contributed by atoms with Crippen molar-refractivity contribution in [3.05, 3.63) is 178 Å². The van der Waals surface area contributed by atoms with Crippen LogP contribution in [-0.2, 0) is 18.5 Å². The van der Waals surface area contributed by atoms with Crippen LogP contribution < -0.4 is 0 Å². The van der Waals surface area contributed by atoms with Crippen LogP contribution in [0.1, 0.15) is 58.3 Å². The largest absolute Gasteiger partial charge is 0.455 e. The molecule has 0 atom stereocenters. The molecule has 0 unspecified atom stereocenters. The van der Waals surface area contributed by atoms with E-state index in [1.54, 1.807) is 4.80 Å². The van der Waals surface area contributed by atoms with Crippen LogP contribution in [0, 0.1) is 0 Å². The molecule has 5 aromatic carbocycles. The molecular weight excluding hydrogens is 712 g/mol. The Morgan fingerprint density at radius 3 is 2.02 bits per heavy atom. The zero-order chi connectivity index (χ0) is 35.5. The Hall–Kier alpha value is -5.93. The van der Waals surface area contributed by atoms with E-state index in [2.05, 4.69) is 80.9 Å². The Morgan fingerprint density at radius 1 is 0.788 bits per heavy atom. The predicted molar refractivity (Wildman–Crippen MR) is 206 cm³/mol. The van der Waals surface area contributed by atoms with E-state index in [1.165, 1.54) is 0 Å². The van der Waals surface area contributed by atoms with E-state index < -0.39 is 5.54 Å². The maximum atomic E-state index is 11.5. The molecule has 0 fully saturated rings. The van der Waals surface area contributed by atoms with E-state index in [1.807, 2.05) is 91.1 Å². The van der Waals surface area contributed by atoms with Gasteiger partial charge in [-0.15, -0.1) is 15.0 Å². The number of imidazole rings is 1. The molecular formula is C43H35BrN6O2. The summed E-state index contributed by atoms with van der Waals surface area (Å²) < 4.78 is 9.44. The number of aromatic nitrogens is 6. The maximum Gasteiger partial charge on any atom is 0.205 e. The van der Waals surface area contributed by atoms with Gasteiger partial charge in [0.25, 0.3) is 0 Å². The molecule has 0 aliphatic heterocycles. The summed E-state index contributed by atoms with van der Waals surface area (Å²) in [6.45, 7) is 2.75. The van der Waals surface area contributed by atoms with Crippen LogP contribution in [-0.4, -0.2) is 36.0 Å². The van der Waals surface area contributed by atoms with Crippen LogP contribution in [0.25, 0.3) is 33.7 Å². The van der Waals surface area contributed by atoms with Gasteiger partial charge in [0, 0.05) is 35.7 Å². The minimum Gasteiger partial charge on any atom is -0.455 e. The molecule has 3 heterocycles. The first kappa shape index (κ1) is 33.2. The van der Waals surface area contributed by atoms with Crippen molar-refractivity contribution < 1.29 is 9.21 Å². The first-order valence-corrected chi connectivity index (χ1v) is 18.2. The summed E-state index contributed by atoms with van der Waals surface area (Å²) in [4.78, 5) is 17.8. The number of aryl methyl sites for hydroxylation is 1. The van der Waals surface area contributed by atoms with Crippen LogP contribution in [0.4, 0.5) is 0 Å². The van der Waals surface area contributed by atoms with Crippen molar-refractivity contribution in [3.63, 3.8) is 0 Å². The third-order valence-electron chi connectivity index (χ3n) is 9.50. The molecule has 0 bridgehead atoms. The van der Waals surface area contributed by atoms with Gasteiger partial charge in [0.2, 0.25) is 5.82 Å². The standard InChI is InChI=1S/C43H35BrN6O2/c1-2-3-23-39-45-34(29-51)28-49(39)27-30-24-25-38-37(26-30)40(44)41(52-38)35-21-13-14-22-36(35)42-46-48-50(47-42)43(31-15-7-4-8-16-31,32-17-9-5-10-18-32)33-19-11-6-12-20-33/h4-22,24-26,28-29H,2-3,23,27H2,1H3. The molecule has 0 radical (unpaired) electrons. The summed E-state index contributed by atoms with van der Waals surface area (Å²) in [5.41, 5.74) is 6.04. The Bertz CT molecular complexity index is 2370. The minimum absolute atomic E-state index is 0.453. The number of furan rings is 1. The maximum absolute atomic E-state index is 11.5. The van der Waals surface area contributed by atoms with Gasteiger partial charge in [0.1, 0.15) is 22.9 Å². The molecule has 0 aliphatic carbocycles. The molecule has 52 heavy (non-hydrogen) atoms. The normalized spacial score (nSPS) is 11.7. The molecule has 8 nitrogen and oxygen atoms in total. The second-order valence-electron chi connectivity index (χ2n) is 12.8. The van der Waals surface area contributed by atoms with Crippen molar-refractivity contribution >= 4 is 33.2 Å². The summed E-state index contributed by atoms with van der Waals surface area (Å²) in [5.74, 6) is 2.07. The van der Waals surface area contributed by atoms with Crippen LogP contribution in [0.5, 0.6) is 0 Å². The Balaban J connectivity index is 1.21. The minimum atomic E-state index is -0.890. The molecule has 8 aromatic rings. The van der Waals surface area contributed by atoms with Crippen molar-refractivity contribution in [1.29, 1.82) is 0 Å². The van der Waals surface area contributed by atoms with Gasteiger partial charge >= 0.3 is 0 Å². The highest BCUT2D eigenvalue weighted by atomic mass is 79.9. The van der Waals surface area contributed by atoms with Gasteiger partial charge in [-0.1, -0.05) is 135 Å². The summed E-state index contributed by atoms with van der Waals surface area (Å²) in [7, 11) is 0. The average Bonchev–Trinajstić information content (AvgIpc) is 3.93. The Morgan fingerprint density at radius 2 is 1.40 bits per heavy atom. The number of benzene rings is 5. The molecule has 8 rings (SSSR count). The summed E-state index contributed by atoms with van der Waals surface area (Å²) >= 11 is 3.89. The van der Waals surface area contributed by atoms with E-state index in [9.17, 15) is 4.79 Å². The van der Waals surface area contributed by atoms with Crippen LogP contribution in [0.3, 0.4) is 0 Å². The number of hydrogen-bond donors (Lipinski definition) is 0. The van der Waals surface area contributed by atoms with Gasteiger partial charge in [0.15, 0.2) is 11.8 Å². The number of carbonyl (C=O) groups excluding carboxylic acids is 1. The highest BCUT2D eigenvalue weighted by Gasteiger charge is 2.41. The fourth-order valence-corrected chi connectivity index (χ4v) is 7.62. The van der Waals surface area contributed by atoms with Crippen LogP contribution >= 0.6 is 15.9 Å². The van der Waals surface area contributed by atoms with Gasteiger partial charge in [-0.2, -0.15) is 0 Å². The van der Waals surface area contributed by atoms with Gasteiger partial charge in [-0.25, -0.2) is 4.98 Å². The molecule has 9 heteroatoms. The summed E-state index contributed by atoms with van der Waals surface area (Å²) in [5, 5.41) is 15.6. The lowest BCUT2D eigenvalue weighted by Crippen LogP contribution is -2.39. The van der Waals surface area contributed by atoms with E-state index >= 15 is 0 Å². The lowest BCUT2D eigenvalue weighted by atomic mass is 9.77. The first-order chi connectivity index (χ1) is 25.6. The third-order valence-corrected chi connectivity index (χ3v) is 10.3. The smallest absolute Gasteiger partial charge is 0.205 e. The fraction of sp³-hybridized carbons (Fsp3) is 0.140. The zero-order valence-corrected chi connectivity index (χ0v) is 30.1. The average molecular weight is 748 g/mol. The van der Waals surface area contributed by atoms with Gasteiger partial charge in [-0.05, 0) is 62.0 Å². The number of carbonyl (C=O) groups is 1. The molecule has 0 spiro atoms. The van der Waals surface area contributed by atoms with Gasteiger partial charge in [0.05, 0.1) is 4.47 Å². The number of aldehydes is 1. The van der Waals surface area contributed by atoms with E-state index in [0.29, 0.717) is 23.8 Å². The molecule has 0 amide bonds. The van der Waals surface area contributed by atoms with Crippen molar-refractivity contribution in [2.45, 2.75) is 38.3 Å². The Labute approximate surface area is 309 Å². The number of rotatable bonds is 12. The van der Waals surface area contributed by atoms with Crippen molar-refractivity contribution in [1.82, 2.24) is 29.8 Å². The van der Waals surface area contributed by atoms with Crippen LogP contribution in [0.2, 0.25) is 0 Å². The van der Waals surface area contributed by atoms with Crippen molar-refractivity contribution in [3.8, 4) is 22.7 Å². The Kier molecular flexibility index (Phi) is 9.18. The SMILES string of the molecule is CCCCc1nc(C=O)cn1Cc1ccc2oc(-c3ccccc3-c3nnn(C(c4ccccc4)(c4ccccc4)c4ccccc4)n3)c(Br)c2c1. The lowest BCUT2D eigenvalue weighted by molar-refractivity contribution is 0.111. The second kappa shape index (κ2) is 14.4. The molecule has 0 saturated carbocycles. The van der Waals surface area contributed by atoms with Crippen molar-refractivity contribution in [2.75, 3.05) is 0 Å². The number of fused-ring (bicyclic) bond motifs is 1. The topological polar surface area (TPSA) is 91.6 Å². The van der Waals surface area contributed by atoms with Gasteiger partial charge < -0.3 is 8.98 Å². The first-order valence-electron chi connectivity index (χ1n) is 17.4. The number of nitrogens with zero attached hydrogens (tertiary/aromatic N) is 6. The second-order valence-corrected chi connectivity index (χ2v) is 13.6. The molecule has 3 aromatic heterocycles. The third kappa shape index (κ3) is 5.96. The summed E-state index contributed by atoms with van der Waals surface area (Å²) in [6, 6.07) is 45.1. The molecule has 0 saturated heterocycles. The number of hydrogen-bond acceptors (Lipinski definition) is 6. The molecule has 0 N–H and O–H groups in total. The van der Waals surface area contributed by atoms with Crippen LogP contribution in [0.15, 0.2) is 149 Å². The summed E-state index contributed by atoms with van der Waals surface area (Å²) in [6.07, 6.45) is 5.53. The molecule has 0 aliphatic rings. The van der Waals surface area contributed by atoms with E-state index in [-0.39, 0.29) is 0 Å². The predicted octanol–water partition coefficient (Wildman–Crippen LogP) is 9.76. The number of halogens is 1. The lowest BCUT2D eigenvalue weighted by Gasteiger charge is -2.34. The zero-order valence-electron chi connectivity index (χ0n) is 28.6. The number of unbranched alkanes of at least 4 members (excludes halogenated alkanes) is 1. The molecule has 256 valence electrons. The fourth-order valence-electron chi connectivity index (χ4n) is 7.01. The van der Waals surface area contributed by atoms with Crippen molar-refractivity contribution in [2.24, 2.45) is 0 Å². The van der Waals surface area contributed by atoms with E-state index in [4.69, 9.17) is 19.8 Å². The van der Waals surface area contributed by atoms with Gasteiger partial charge in [-0.3, -0.25) is 4.79 Å². The monoisotopic (exact) mass is 746 g/mol.